The van der Waals surface area contributed by atoms with Gasteiger partial charge in [0, 0.05) is 20.3 Å². The van der Waals surface area contributed by atoms with Crippen molar-refractivity contribution in [2.45, 2.75) is 51.5 Å². The summed E-state index contributed by atoms with van der Waals surface area (Å²) in [6.45, 7) is 4.58. The van der Waals surface area contributed by atoms with E-state index in [4.69, 9.17) is 8.85 Å². The van der Waals surface area contributed by atoms with Gasteiger partial charge in [-0.2, -0.15) is 0 Å². The molecule has 0 atom stereocenters. The van der Waals surface area contributed by atoms with Crippen molar-refractivity contribution in [3.63, 3.8) is 0 Å². The number of unbranched alkanes of at least 4 members (excludes halogenated alkanes) is 3. The fourth-order valence-electron chi connectivity index (χ4n) is 2.54. The van der Waals surface area contributed by atoms with Crippen LogP contribution in [0.1, 0.15) is 45.4 Å². The molecule has 0 spiro atoms. The van der Waals surface area contributed by atoms with E-state index in [9.17, 15) is 0 Å². The van der Waals surface area contributed by atoms with Gasteiger partial charge in [-0.25, -0.2) is 0 Å². The molecular weight excluding hydrogens is 218 g/mol. The largest absolute Gasteiger partial charge is 0.427 e. The first-order chi connectivity index (χ1) is 7.79. The zero-order chi connectivity index (χ0) is 11.9. The predicted octanol–water partition coefficient (Wildman–Crippen LogP) is 2.89. The smallest absolute Gasteiger partial charge is 0.386 e. The number of rotatable bonds is 8. The molecule has 1 aliphatic rings. The first-order valence-corrected chi connectivity index (χ1v) is 8.61. The molecule has 1 saturated heterocycles. The highest BCUT2D eigenvalue weighted by Crippen LogP contribution is 2.25. The van der Waals surface area contributed by atoms with Gasteiger partial charge >= 0.3 is 8.72 Å². The van der Waals surface area contributed by atoms with Gasteiger partial charge in [-0.15, -0.1) is 0 Å². The van der Waals surface area contributed by atoms with Crippen molar-refractivity contribution in [1.29, 1.82) is 0 Å². The van der Waals surface area contributed by atoms with Crippen LogP contribution in [0, 0.1) is 0 Å². The molecule has 4 heteroatoms. The van der Waals surface area contributed by atoms with E-state index in [-0.39, 0.29) is 0 Å². The summed E-state index contributed by atoms with van der Waals surface area (Å²) in [6.07, 6.45) is 7.78. The molecule has 1 rings (SSSR count). The van der Waals surface area contributed by atoms with Crippen molar-refractivity contribution in [2.75, 3.05) is 27.3 Å². The highest BCUT2D eigenvalue weighted by atomic mass is 28.4. The van der Waals surface area contributed by atoms with Crippen molar-refractivity contribution in [3.05, 3.63) is 0 Å². The Labute approximate surface area is 101 Å². The van der Waals surface area contributed by atoms with E-state index in [0.29, 0.717) is 0 Å². The molecular formula is C12H27NO2Si. The first-order valence-electron chi connectivity index (χ1n) is 6.64. The summed E-state index contributed by atoms with van der Waals surface area (Å²) in [7, 11) is 1.63. The fourth-order valence-corrected chi connectivity index (χ4v) is 5.64. The molecule has 0 amide bonds. The molecule has 0 radical (unpaired) electrons. The number of nitrogens with zero attached hydrogens (tertiary/aromatic N) is 1. The van der Waals surface area contributed by atoms with E-state index in [0.717, 1.165) is 6.04 Å². The van der Waals surface area contributed by atoms with E-state index < -0.39 is 8.72 Å². The van der Waals surface area contributed by atoms with Crippen molar-refractivity contribution < 1.29 is 8.85 Å². The predicted molar refractivity (Wildman–Crippen MR) is 69.5 cm³/mol. The second-order valence-electron chi connectivity index (χ2n) is 4.63. The van der Waals surface area contributed by atoms with Crippen LogP contribution in [0.4, 0.5) is 0 Å². The van der Waals surface area contributed by atoms with Gasteiger partial charge in [-0.05, 0) is 32.4 Å². The lowest BCUT2D eigenvalue weighted by Gasteiger charge is -2.35. The molecule has 0 aromatic rings. The van der Waals surface area contributed by atoms with Crippen LogP contribution in [0.2, 0.25) is 6.04 Å². The van der Waals surface area contributed by atoms with Gasteiger partial charge < -0.3 is 8.85 Å². The minimum absolute atomic E-state index is 1.12. The zero-order valence-electron chi connectivity index (χ0n) is 11.1. The standard InChI is InChI=1S/C12H27NO2Si/c1-4-5-6-9-12-16(14-2,15-3)13-10-7-8-11-13/h4-12H2,1-3H3. The van der Waals surface area contributed by atoms with Crippen LogP contribution in [0.5, 0.6) is 0 Å². The third-order valence-corrected chi connectivity index (χ3v) is 7.24. The SMILES string of the molecule is CCCCCC[Si](OC)(OC)N1CCCC1. The molecule has 3 nitrogen and oxygen atoms in total. The highest BCUT2D eigenvalue weighted by molar-refractivity contribution is 6.64. The quantitative estimate of drug-likeness (QED) is 0.485. The van der Waals surface area contributed by atoms with Gasteiger partial charge in [0.25, 0.3) is 0 Å². The number of hydrogen-bond donors (Lipinski definition) is 0. The molecule has 96 valence electrons. The van der Waals surface area contributed by atoms with Crippen LogP contribution >= 0.6 is 0 Å². The molecule has 1 aliphatic heterocycles. The molecule has 16 heavy (non-hydrogen) atoms. The summed E-state index contributed by atoms with van der Waals surface area (Å²) in [4.78, 5) is 0. The maximum atomic E-state index is 5.79. The Morgan fingerprint density at radius 2 is 1.62 bits per heavy atom. The Kier molecular flexibility index (Phi) is 6.57. The van der Waals surface area contributed by atoms with Crippen molar-refractivity contribution in [2.24, 2.45) is 0 Å². The molecule has 1 fully saturated rings. The highest BCUT2D eigenvalue weighted by Gasteiger charge is 2.43. The topological polar surface area (TPSA) is 21.7 Å². The third-order valence-electron chi connectivity index (χ3n) is 3.57. The van der Waals surface area contributed by atoms with Gasteiger partial charge in [-0.3, -0.25) is 4.57 Å². The Morgan fingerprint density at radius 3 is 2.12 bits per heavy atom. The molecule has 0 saturated carbocycles. The van der Waals surface area contributed by atoms with Gasteiger partial charge in [0.15, 0.2) is 0 Å². The van der Waals surface area contributed by atoms with Gasteiger partial charge in [0.1, 0.15) is 0 Å². The molecule has 0 N–H and O–H groups in total. The van der Waals surface area contributed by atoms with E-state index >= 15 is 0 Å². The summed E-state index contributed by atoms with van der Waals surface area (Å²) in [5, 5.41) is 0. The average Bonchev–Trinajstić information content (AvgIpc) is 2.84. The minimum atomic E-state index is -2.03. The lowest BCUT2D eigenvalue weighted by molar-refractivity contribution is 0.173. The monoisotopic (exact) mass is 245 g/mol. The average molecular weight is 245 g/mol. The Bertz CT molecular complexity index is 180. The normalized spacial score (nSPS) is 18.2. The maximum Gasteiger partial charge on any atom is 0.427 e. The molecule has 0 aromatic carbocycles. The summed E-state index contributed by atoms with van der Waals surface area (Å²) < 4.78 is 14.1. The van der Waals surface area contributed by atoms with Crippen LogP contribution < -0.4 is 0 Å². The van der Waals surface area contributed by atoms with Crippen LogP contribution in [0.3, 0.4) is 0 Å². The molecule has 0 unspecified atom stereocenters. The van der Waals surface area contributed by atoms with E-state index in [1.54, 1.807) is 0 Å². The van der Waals surface area contributed by atoms with Crippen molar-refractivity contribution in [1.82, 2.24) is 4.57 Å². The second-order valence-corrected chi connectivity index (χ2v) is 8.00. The zero-order valence-corrected chi connectivity index (χ0v) is 12.1. The van der Waals surface area contributed by atoms with Crippen LogP contribution in [-0.2, 0) is 8.85 Å². The van der Waals surface area contributed by atoms with Crippen molar-refractivity contribution >= 4 is 8.72 Å². The van der Waals surface area contributed by atoms with Crippen molar-refractivity contribution in [3.8, 4) is 0 Å². The summed E-state index contributed by atoms with van der Waals surface area (Å²) in [5.74, 6) is 0. The number of hydrogen-bond acceptors (Lipinski definition) is 3. The van der Waals surface area contributed by atoms with E-state index in [2.05, 4.69) is 11.5 Å². The summed E-state index contributed by atoms with van der Waals surface area (Å²) in [6, 6.07) is 1.12. The Balaban J connectivity index is 2.43. The van der Waals surface area contributed by atoms with Crippen LogP contribution in [0.25, 0.3) is 0 Å². The van der Waals surface area contributed by atoms with Crippen LogP contribution in [-0.4, -0.2) is 40.6 Å². The fraction of sp³-hybridized carbons (Fsp3) is 1.00. The van der Waals surface area contributed by atoms with Gasteiger partial charge in [-0.1, -0.05) is 26.2 Å². The van der Waals surface area contributed by atoms with E-state index in [1.165, 1.54) is 51.6 Å². The molecule has 1 heterocycles. The second kappa shape index (κ2) is 7.43. The molecule has 0 aromatic heterocycles. The summed E-state index contributed by atoms with van der Waals surface area (Å²) >= 11 is 0. The first kappa shape index (κ1) is 14.2. The lowest BCUT2D eigenvalue weighted by Crippen LogP contribution is -2.56. The molecule has 0 bridgehead atoms. The van der Waals surface area contributed by atoms with Gasteiger partial charge in [0.2, 0.25) is 0 Å². The molecule has 0 aliphatic carbocycles. The minimum Gasteiger partial charge on any atom is -0.386 e. The van der Waals surface area contributed by atoms with Crippen LogP contribution in [0.15, 0.2) is 0 Å². The van der Waals surface area contributed by atoms with Gasteiger partial charge in [0.05, 0.1) is 0 Å². The maximum absolute atomic E-state index is 5.79. The third kappa shape index (κ3) is 3.55. The van der Waals surface area contributed by atoms with E-state index in [1.807, 2.05) is 14.2 Å². The Hall–Kier alpha value is 0.0969. The Morgan fingerprint density at radius 1 is 1.00 bits per heavy atom. The summed E-state index contributed by atoms with van der Waals surface area (Å²) in [5.41, 5.74) is 0. The lowest BCUT2D eigenvalue weighted by atomic mass is 10.2.